The molecule has 0 aliphatic carbocycles. The average molecular weight is 403 g/mol. The van der Waals surface area contributed by atoms with Gasteiger partial charge in [-0.1, -0.05) is 12.1 Å². The molecule has 2 heterocycles. The number of nitro groups is 1. The number of nitro benzene ring substituents is 1. The first kappa shape index (κ1) is 18.7. The lowest BCUT2D eigenvalue weighted by atomic mass is 10.0. The highest BCUT2D eigenvalue weighted by molar-refractivity contribution is 6.10. The van der Waals surface area contributed by atoms with Crippen molar-refractivity contribution in [1.82, 2.24) is 14.6 Å². The summed E-state index contributed by atoms with van der Waals surface area (Å²) in [7, 11) is 0. The Hall–Kier alpha value is -4.60. The van der Waals surface area contributed by atoms with Gasteiger partial charge in [-0.25, -0.2) is 9.50 Å². The predicted molar refractivity (Wildman–Crippen MR) is 105 cm³/mol. The Balaban J connectivity index is 1.70. The van der Waals surface area contributed by atoms with Gasteiger partial charge < -0.3 is 10.8 Å². The molecular weight excluding hydrogens is 390 g/mol. The minimum Gasteiger partial charge on any atom is -0.507 e. The average Bonchev–Trinajstić information content (AvgIpc) is 3.17. The number of non-ortho nitro benzene ring substituents is 1. The molecule has 3 N–H and O–H groups in total. The molecule has 0 unspecified atom stereocenters. The quantitative estimate of drug-likeness (QED) is 0.294. The van der Waals surface area contributed by atoms with E-state index in [1.54, 1.807) is 30.3 Å². The maximum atomic E-state index is 12.8. The molecule has 0 atom stereocenters. The molecule has 0 aliphatic heterocycles. The zero-order chi connectivity index (χ0) is 21.4. The summed E-state index contributed by atoms with van der Waals surface area (Å²) >= 11 is 0. The molecule has 30 heavy (non-hydrogen) atoms. The van der Waals surface area contributed by atoms with Crippen LogP contribution in [-0.4, -0.2) is 36.3 Å². The molecule has 4 rings (SSSR count). The van der Waals surface area contributed by atoms with E-state index >= 15 is 0 Å². The first-order valence-corrected chi connectivity index (χ1v) is 8.61. The van der Waals surface area contributed by atoms with E-state index in [9.17, 15) is 24.8 Å². The summed E-state index contributed by atoms with van der Waals surface area (Å²) in [5.74, 6) is -1.54. The van der Waals surface area contributed by atoms with E-state index in [1.807, 2.05) is 0 Å². The van der Waals surface area contributed by atoms with Crippen molar-refractivity contribution in [1.29, 1.82) is 0 Å². The Morgan fingerprint density at radius 1 is 1.07 bits per heavy atom. The van der Waals surface area contributed by atoms with Gasteiger partial charge in [0.1, 0.15) is 5.75 Å². The minimum absolute atomic E-state index is 0.0945. The molecule has 0 radical (unpaired) electrons. The molecule has 0 fully saturated rings. The number of nitrogens with two attached hydrogens (primary N) is 1. The van der Waals surface area contributed by atoms with E-state index in [0.717, 1.165) is 23.8 Å². The number of aromatic nitrogens is 3. The molecule has 0 saturated heterocycles. The van der Waals surface area contributed by atoms with Crippen LogP contribution in [0.2, 0.25) is 0 Å². The number of fused-ring (bicyclic) bond motifs is 1. The molecule has 1 amide bonds. The number of amides is 1. The molecule has 0 bridgehead atoms. The van der Waals surface area contributed by atoms with Crippen molar-refractivity contribution in [2.75, 3.05) is 0 Å². The van der Waals surface area contributed by atoms with Crippen LogP contribution in [0.3, 0.4) is 0 Å². The molecule has 0 spiro atoms. The van der Waals surface area contributed by atoms with Crippen molar-refractivity contribution in [2.24, 2.45) is 5.73 Å². The first-order chi connectivity index (χ1) is 14.3. The summed E-state index contributed by atoms with van der Waals surface area (Å²) in [5, 5.41) is 25.3. The van der Waals surface area contributed by atoms with Gasteiger partial charge in [-0.2, -0.15) is 5.10 Å². The molecule has 4 aromatic rings. The smallest absolute Gasteiger partial charge is 0.270 e. The van der Waals surface area contributed by atoms with Gasteiger partial charge in [0.25, 0.3) is 5.69 Å². The topological polar surface area (TPSA) is 154 Å². The SMILES string of the molecule is NC(=O)c1ccc(-c2cc3ncc(C(=O)c4cc([N+](=O)[O-])ccc4O)cn3n2)cc1. The number of aromatic hydroxyl groups is 1. The largest absolute Gasteiger partial charge is 0.507 e. The molecule has 0 saturated carbocycles. The van der Waals surface area contributed by atoms with Gasteiger partial charge in [-0.05, 0) is 18.2 Å². The Labute approximate surface area is 168 Å². The van der Waals surface area contributed by atoms with Crippen molar-refractivity contribution in [2.45, 2.75) is 0 Å². The molecule has 2 aromatic heterocycles. The van der Waals surface area contributed by atoms with Crippen LogP contribution in [0.1, 0.15) is 26.3 Å². The van der Waals surface area contributed by atoms with Crippen LogP contribution in [0.5, 0.6) is 5.75 Å². The number of phenolic OH excluding ortho intramolecular Hbond substituents is 1. The van der Waals surface area contributed by atoms with E-state index in [2.05, 4.69) is 10.1 Å². The molecule has 2 aromatic carbocycles. The number of benzene rings is 2. The van der Waals surface area contributed by atoms with Gasteiger partial charge in [0, 0.05) is 41.7 Å². The normalized spacial score (nSPS) is 10.8. The van der Waals surface area contributed by atoms with Crippen molar-refractivity contribution < 1.29 is 19.6 Å². The third-order valence-corrected chi connectivity index (χ3v) is 4.48. The second kappa shape index (κ2) is 7.09. The molecular formula is C20H13N5O5. The maximum absolute atomic E-state index is 12.8. The Bertz CT molecular complexity index is 1330. The van der Waals surface area contributed by atoms with Gasteiger partial charge in [-0.15, -0.1) is 0 Å². The second-order valence-electron chi connectivity index (χ2n) is 6.40. The van der Waals surface area contributed by atoms with E-state index in [0.29, 0.717) is 16.9 Å². The van der Waals surface area contributed by atoms with Crippen LogP contribution >= 0.6 is 0 Å². The van der Waals surface area contributed by atoms with Crippen LogP contribution in [0.25, 0.3) is 16.9 Å². The Morgan fingerprint density at radius 3 is 2.47 bits per heavy atom. The zero-order valence-electron chi connectivity index (χ0n) is 15.2. The van der Waals surface area contributed by atoms with Crippen LogP contribution in [0, 0.1) is 10.1 Å². The number of hydrogen-bond donors (Lipinski definition) is 2. The fraction of sp³-hybridized carbons (Fsp3) is 0. The highest BCUT2D eigenvalue weighted by atomic mass is 16.6. The number of carbonyl (C=O) groups excluding carboxylic acids is 2. The van der Waals surface area contributed by atoms with Crippen molar-refractivity contribution in [3.63, 3.8) is 0 Å². The molecule has 0 aliphatic rings. The van der Waals surface area contributed by atoms with Crippen LogP contribution in [-0.2, 0) is 0 Å². The third kappa shape index (κ3) is 3.33. The highest BCUT2D eigenvalue weighted by Crippen LogP contribution is 2.26. The predicted octanol–water partition coefficient (Wildman–Crippen LogP) is 2.34. The van der Waals surface area contributed by atoms with Gasteiger partial charge in [0.2, 0.25) is 5.91 Å². The second-order valence-corrected chi connectivity index (χ2v) is 6.40. The lowest BCUT2D eigenvalue weighted by Crippen LogP contribution is -2.10. The Morgan fingerprint density at radius 2 is 1.80 bits per heavy atom. The molecule has 10 nitrogen and oxygen atoms in total. The van der Waals surface area contributed by atoms with Gasteiger partial charge in [-0.3, -0.25) is 19.7 Å². The number of rotatable bonds is 5. The van der Waals surface area contributed by atoms with E-state index in [4.69, 9.17) is 5.73 Å². The summed E-state index contributed by atoms with van der Waals surface area (Å²) in [5.41, 5.74) is 6.91. The summed E-state index contributed by atoms with van der Waals surface area (Å²) in [6.07, 6.45) is 2.72. The van der Waals surface area contributed by atoms with Gasteiger partial charge >= 0.3 is 0 Å². The number of phenols is 1. The highest BCUT2D eigenvalue weighted by Gasteiger charge is 2.19. The summed E-state index contributed by atoms with van der Waals surface area (Å²) < 4.78 is 1.39. The first-order valence-electron chi connectivity index (χ1n) is 8.61. The molecule has 148 valence electrons. The van der Waals surface area contributed by atoms with E-state index in [1.165, 1.54) is 16.9 Å². The summed E-state index contributed by atoms with van der Waals surface area (Å²) in [4.78, 5) is 38.5. The zero-order valence-corrected chi connectivity index (χ0v) is 15.2. The minimum atomic E-state index is -0.652. The maximum Gasteiger partial charge on any atom is 0.270 e. The van der Waals surface area contributed by atoms with Gasteiger partial charge in [0.05, 0.1) is 21.7 Å². The fourth-order valence-corrected chi connectivity index (χ4v) is 2.92. The Kier molecular flexibility index (Phi) is 4.43. The van der Waals surface area contributed by atoms with Crippen LogP contribution in [0.15, 0.2) is 60.9 Å². The number of primary amides is 1. The van der Waals surface area contributed by atoms with Crippen LogP contribution < -0.4 is 5.73 Å². The summed E-state index contributed by atoms with van der Waals surface area (Å²) in [6.45, 7) is 0. The lowest BCUT2D eigenvalue weighted by molar-refractivity contribution is -0.384. The fourth-order valence-electron chi connectivity index (χ4n) is 2.92. The van der Waals surface area contributed by atoms with Crippen molar-refractivity contribution in [3.8, 4) is 17.0 Å². The number of nitrogens with zero attached hydrogens (tertiary/aromatic N) is 4. The lowest BCUT2D eigenvalue weighted by Gasteiger charge is -2.04. The number of ketones is 1. The van der Waals surface area contributed by atoms with Crippen LogP contribution in [0.4, 0.5) is 5.69 Å². The van der Waals surface area contributed by atoms with E-state index in [-0.39, 0.29) is 22.6 Å². The number of hydrogen-bond acceptors (Lipinski definition) is 7. The molecule has 10 heteroatoms. The van der Waals surface area contributed by atoms with Crippen molar-refractivity contribution in [3.05, 3.63) is 87.7 Å². The third-order valence-electron chi connectivity index (χ3n) is 4.48. The van der Waals surface area contributed by atoms with Crippen molar-refractivity contribution >= 4 is 23.0 Å². The van der Waals surface area contributed by atoms with E-state index < -0.39 is 16.6 Å². The summed E-state index contributed by atoms with van der Waals surface area (Å²) in [6, 6.07) is 11.4. The monoisotopic (exact) mass is 403 g/mol. The number of carbonyl (C=O) groups is 2. The van der Waals surface area contributed by atoms with Gasteiger partial charge in [0.15, 0.2) is 11.4 Å². The standard InChI is InChI=1S/C20H13N5O5/c21-20(28)12-3-1-11(2-4-12)16-8-18-22-9-13(10-24(18)23-16)19(27)15-7-14(25(29)30)5-6-17(15)26/h1-10,26H,(H2,21,28).